The molecule has 4 nitrogen and oxygen atoms in total. The zero-order valence-corrected chi connectivity index (χ0v) is 15.2. The molecule has 0 N–H and O–H groups in total. The fourth-order valence-corrected chi connectivity index (χ4v) is 3.87. The average molecular weight is 346 g/mol. The van der Waals surface area contributed by atoms with E-state index >= 15 is 0 Å². The minimum Gasteiger partial charge on any atom is -0.356 e. The first kappa shape index (κ1) is 16.7. The van der Waals surface area contributed by atoms with Crippen molar-refractivity contribution >= 4 is 5.78 Å². The summed E-state index contributed by atoms with van der Waals surface area (Å²) in [7, 11) is 0. The van der Waals surface area contributed by atoms with Gasteiger partial charge in [-0.25, -0.2) is 0 Å². The molecule has 26 heavy (non-hydrogen) atoms. The lowest BCUT2D eigenvalue weighted by Gasteiger charge is -2.36. The summed E-state index contributed by atoms with van der Waals surface area (Å²) >= 11 is 0. The van der Waals surface area contributed by atoms with E-state index in [0.29, 0.717) is 12.2 Å². The zero-order valence-electron chi connectivity index (χ0n) is 15.2. The van der Waals surface area contributed by atoms with Crippen molar-refractivity contribution in [3.63, 3.8) is 0 Å². The molecule has 0 unspecified atom stereocenters. The molecular formula is C22H22N2O2. The van der Waals surface area contributed by atoms with Crippen molar-refractivity contribution in [1.29, 1.82) is 0 Å². The van der Waals surface area contributed by atoms with Crippen LogP contribution in [-0.4, -0.2) is 15.9 Å². The van der Waals surface area contributed by atoms with Gasteiger partial charge < -0.3 is 4.52 Å². The van der Waals surface area contributed by atoms with Crippen LogP contribution in [-0.2, 0) is 6.42 Å². The van der Waals surface area contributed by atoms with E-state index in [-0.39, 0.29) is 11.2 Å². The molecule has 0 aliphatic heterocycles. The van der Waals surface area contributed by atoms with Gasteiger partial charge in [0, 0.05) is 41.6 Å². The summed E-state index contributed by atoms with van der Waals surface area (Å²) in [6, 6.07) is 11.8. The fraction of sp³-hybridized carbons (Fsp3) is 0.318. The first-order valence-electron chi connectivity index (χ1n) is 9.18. The molecule has 4 rings (SSSR count). The second-order valence-electron chi connectivity index (χ2n) is 7.17. The molecule has 4 heteroatoms. The van der Waals surface area contributed by atoms with E-state index in [1.165, 1.54) is 0 Å². The second kappa shape index (κ2) is 6.52. The van der Waals surface area contributed by atoms with Gasteiger partial charge in [-0.3, -0.25) is 9.78 Å². The number of aromatic nitrogens is 2. The van der Waals surface area contributed by atoms with Crippen molar-refractivity contribution in [2.75, 3.05) is 0 Å². The molecule has 0 atom stereocenters. The van der Waals surface area contributed by atoms with E-state index in [2.05, 4.69) is 30.1 Å². The van der Waals surface area contributed by atoms with E-state index < -0.39 is 0 Å². The van der Waals surface area contributed by atoms with Crippen LogP contribution in [0.15, 0.2) is 53.3 Å². The van der Waals surface area contributed by atoms with Crippen molar-refractivity contribution in [2.45, 2.75) is 39.5 Å². The summed E-state index contributed by atoms with van der Waals surface area (Å²) in [5.74, 6) is 0.918. The molecule has 0 saturated heterocycles. The zero-order chi connectivity index (χ0) is 18.1. The van der Waals surface area contributed by atoms with Crippen LogP contribution in [0.25, 0.3) is 22.6 Å². The summed E-state index contributed by atoms with van der Waals surface area (Å²) in [4.78, 5) is 16.8. The summed E-state index contributed by atoms with van der Waals surface area (Å²) in [6.07, 6.45) is 7.14. The molecule has 1 aliphatic rings. The van der Waals surface area contributed by atoms with E-state index in [0.717, 1.165) is 47.2 Å². The predicted molar refractivity (Wildman–Crippen MR) is 101 cm³/mol. The van der Waals surface area contributed by atoms with Crippen molar-refractivity contribution < 1.29 is 9.32 Å². The third kappa shape index (κ3) is 2.85. The van der Waals surface area contributed by atoms with E-state index in [4.69, 9.17) is 4.52 Å². The molecule has 0 bridgehead atoms. The van der Waals surface area contributed by atoms with Crippen LogP contribution in [0.5, 0.6) is 0 Å². The Morgan fingerprint density at radius 2 is 1.77 bits per heavy atom. The van der Waals surface area contributed by atoms with Crippen LogP contribution in [0.4, 0.5) is 0 Å². The van der Waals surface area contributed by atoms with Crippen LogP contribution < -0.4 is 0 Å². The van der Waals surface area contributed by atoms with Crippen LogP contribution >= 0.6 is 0 Å². The maximum atomic E-state index is 12.8. The minimum absolute atomic E-state index is 0.117. The average Bonchev–Trinajstić information content (AvgIpc) is 3.18. The molecule has 1 aliphatic carbocycles. The Hall–Kier alpha value is -2.75. The molecule has 2 heterocycles. The Balaban J connectivity index is 1.68. The molecule has 0 spiro atoms. The topological polar surface area (TPSA) is 56.0 Å². The van der Waals surface area contributed by atoms with Crippen molar-refractivity contribution in [3.8, 4) is 22.6 Å². The van der Waals surface area contributed by atoms with Gasteiger partial charge in [0.05, 0.1) is 0 Å². The number of Topliss-reactive ketones (excluding diaryl/α,β-unsaturated/α-hetero) is 1. The highest BCUT2D eigenvalue weighted by atomic mass is 16.5. The third-order valence-electron chi connectivity index (χ3n) is 5.78. The standard InChI is InChI=1S/C22H22N2O2/c1-3-22(4-2)13-17-6-5-16(11-18(17)20(25)14-22)21-12-19(24-26-21)15-7-9-23-10-8-15/h5-12H,3-4,13-14H2,1-2H3. The Kier molecular flexibility index (Phi) is 4.19. The van der Waals surface area contributed by atoms with Crippen LogP contribution in [0.2, 0.25) is 0 Å². The molecule has 0 fully saturated rings. The normalized spacial score (nSPS) is 15.7. The minimum atomic E-state index is 0.117. The van der Waals surface area contributed by atoms with Gasteiger partial charge in [-0.2, -0.15) is 0 Å². The maximum absolute atomic E-state index is 12.8. The number of carbonyl (C=O) groups is 1. The maximum Gasteiger partial charge on any atom is 0.167 e. The Bertz CT molecular complexity index is 940. The number of fused-ring (bicyclic) bond motifs is 1. The Labute approximate surface area is 153 Å². The molecule has 0 radical (unpaired) electrons. The largest absolute Gasteiger partial charge is 0.356 e. The van der Waals surface area contributed by atoms with E-state index in [9.17, 15) is 4.79 Å². The molecule has 132 valence electrons. The van der Waals surface area contributed by atoms with E-state index in [1.807, 2.05) is 30.3 Å². The van der Waals surface area contributed by atoms with Crippen LogP contribution in [0.3, 0.4) is 0 Å². The van der Waals surface area contributed by atoms with Gasteiger partial charge >= 0.3 is 0 Å². The lowest BCUT2D eigenvalue weighted by Crippen LogP contribution is -2.31. The number of rotatable bonds is 4. The lowest BCUT2D eigenvalue weighted by atomic mass is 9.68. The summed E-state index contributed by atoms with van der Waals surface area (Å²) < 4.78 is 5.53. The highest BCUT2D eigenvalue weighted by Crippen LogP contribution is 2.41. The molecule has 1 aromatic carbocycles. The number of benzene rings is 1. The number of hydrogen-bond donors (Lipinski definition) is 0. The molecule has 2 aromatic heterocycles. The third-order valence-corrected chi connectivity index (χ3v) is 5.78. The van der Waals surface area contributed by atoms with E-state index in [1.54, 1.807) is 12.4 Å². The Morgan fingerprint density at radius 1 is 1.00 bits per heavy atom. The molecule has 0 saturated carbocycles. The smallest absolute Gasteiger partial charge is 0.167 e. The first-order chi connectivity index (χ1) is 12.6. The van der Waals surface area contributed by atoms with Gasteiger partial charge in [0.25, 0.3) is 0 Å². The fourth-order valence-electron chi connectivity index (χ4n) is 3.87. The summed E-state index contributed by atoms with van der Waals surface area (Å²) in [6.45, 7) is 4.37. The van der Waals surface area contributed by atoms with Crippen LogP contribution in [0, 0.1) is 5.41 Å². The second-order valence-corrected chi connectivity index (χ2v) is 7.17. The van der Waals surface area contributed by atoms with Crippen molar-refractivity contribution in [1.82, 2.24) is 10.1 Å². The number of nitrogens with zero attached hydrogens (tertiary/aromatic N) is 2. The molecule has 0 amide bonds. The highest BCUT2D eigenvalue weighted by molar-refractivity contribution is 6.00. The number of hydrogen-bond acceptors (Lipinski definition) is 4. The first-order valence-corrected chi connectivity index (χ1v) is 9.18. The van der Waals surface area contributed by atoms with Gasteiger partial charge in [-0.15, -0.1) is 0 Å². The summed E-state index contributed by atoms with van der Waals surface area (Å²) in [5, 5.41) is 4.16. The van der Waals surface area contributed by atoms with Crippen LogP contribution in [0.1, 0.15) is 49.0 Å². The van der Waals surface area contributed by atoms with Crippen molar-refractivity contribution in [2.24, 2.45) is 5.41 Å². The number of ketones is 1. The number of pyridine rings is 1. The van der Waals surface area contributed by atoms with Gasteiger partial charge in [0.2, 0.25) is 0 Å². The van der Waals surface area contributed by atoms with Crippen molar-refractivity contribution in [3.05, 3.63) is 59.9 Å². The van der Waals surface area contributed by atoms with Gasteiger partial charge in [-0.1, -0.05) is 31.1 Å². The SMILES string of the molecule is CCC1(CC)CC(=O)c2cc(-c3cc(-c4ccncc4)no3)ccc2C1. The highest BCUT2D eigenvalue weighted by Gasteiger charge is 2.35. The number of carbonyl (C=O) groups excluding carboxylic acids is 1. The predicted octanol–water partition coefficient (Wildman–Crippen LogP) is 5.34. The van der Waals surface area contributed by atoms with Gasteiger partial charge in [0.1, 0.15) is 5.69 Å². The summed E-state index contributed by atoms with van der Waals surface area (Å²) in [5.41, 5.74) is 4.73. The lowest BCUT2D eigenvalue weighted by molar-refractivity contribution is 0.0872. The molecule has 3 aromatic rings. The molecular weight excluding hydrogens is 324 g/mol. The monoisotopic (exact) mass is 346 g/mol. The Morgan fingerprint density at radius 3 is 2.50 bits per heavy atom. The van der Waals surface area contributed by atoms with Gasteiger partial charge in [0.15, 0.2) is 11.5 Å². The van der Waals surface area contributed by atoms with Gasteiger partial charge in [-0.05, 0) is 48.4 Å². The quantitative estimate of drug-likeness (QED) is 0.640.